The predicted molar refractivity (Wildman–Crippen MR) is 78.4 cm³/mol. The number of amides is 1. The van der Waals surface area contributed by atoms with Gasteiger partial charge in [-0.05, 0) is 18.9 Å². The number of benzene rings is 1. The molecular weight excluding hydrogens is 256 g/mol. The number of hydrogen-bond acceptors (Lipinski definition) is 4. The molecule has 0 bridgehead atoms. The molecule has 5 nitrogen and oxygen atoms in total. The summed E-state index contributed by atoms with van der Waals surface area (Å²) in [6.45, 7) is 4.33. The van der Waals surface area contributed by atoms with Gasteiger partial charge in [-0.15, -0.1) is 0 Å². The van der Waals surface area contributed by atoms with Crippen molar-refractivity contribution in [2.24, 2.45) is 5.73 Å². The van der Waals surface area contributed by atoms with Crippen LogP contribution in [0.25, 0.3) is 0 Å². The van der Waals surface area contributed by atoms with E-state index in [2.05, 4.69) is 5.32 Å². The normalized spacial score (nSPS) is 12.2. The Balaban J connectivity index is 2.20. The van der Waals surface area contributed by atoms with Gasteiger partial charge in [0.1, 0.15) is 6.04 Å². The number of nitrogens with one attached hydrogen (secondary N) is 1. The molecule has 0 aliphatic carbocycles. The van der Waals surface area contributed by atoms with Crippen molar-refractivity contribution in [2.45, 2.75) is 19.4 Å². The molecule has 1 aromatic carbocycles. The quantitative estimate of drug-likeness (QED) is 0.666. The molecule has 0 saturated heterocycles. The molecule has 5 heteroatoms. The number of carbonyl (C=O) groups excluding carboxylic acids is 1. The van der Waals surface area contributed by atoms with Gasteiger partial charge < -0.3 is 20.5 Å². The molecule has 1 rings (SSSR count). The lowest BCUT2D eigenvalue weighted by atomic mass is 10.1. The Morgan fingerprint density at radius 2 is 1.95 bits per heavy atom. The molecule has 3 N–H and O–H groups in total. The van der Waals surface area contributed by atoms with E-state index in [1.54, 1.807) is 7.11 Å². The van der Waals surface area contributed by atoms with Crippen LogP contribution in [0.15, 0.2) is 24.3 Å². The minimum Gasteiger partial charge on any atom is -0.382 e. The number of rotatable bonds is 9. The van der Waals surface area contributed by atoms with Crippen LogP contribution in [-0.4, -0.2) is 39.4 Å². The van der Waals surface area contributed by atoms with Crippen LogP contribution in [0.5, 0.6) is 0 Å². The maximum atomic E-state index is 11.9. The first-order chi connectivity index (χ1) is 9.65. The van der Waals surface area contributed by atoms with E-state index in [4.69, 9.17) is 15.2 Å². The van der Waals surface area contributed by atoms with Crippen molar-refractivity contribution in [3.05, 3.63) is 35.4 Å². The van der Waals surface area contributed by atoms with Crippen LogP contribution in [0.4, 0.5) is 0 Å². The molecular formula is C15H24N2O3. The minimum atomic E-state index is -0.620. The summed E-state index contributed by atoms with van der Waals surface area (Å²) in [5.74, 6) is -0.161. The zero-order chi connectivity index (χ0) is 14.8. The van der Waals surface area contributed by atoms with Gasteiger partial charge in [-0.1, -0.05) is 29.8 Å². The van der Waals surface area contributed by atoms with E-state index in [9.17, 15) is 4.79 Å². The summed E-state index contributed by atoms with van der Waals surface area (Å²) < 4.78 is 10.2. The van der Waals surface area contributed by atoms with Gasteiger partial charge in [0.2, 0.25) is 5.91 Å². The average Bonchev–Trinajstić information content (AvgIpc) is 2.46. The Morgan fingerprint density at radius 3 is 2.60 bits per heavy atom. The fraction of sp³-hybridized carbons (Fsp3) is 0.533. The van der Waals surface area contributed by atoms with Crippen LogP contribution in [0.1, 0.15) is 23.6 Å². The summed E-state index contributed by atoms with van der Waals surface area (Å²) in [5, 5.41) is 2.81. The largest absolute Gasteiger partial charge is 0.382 e. The van der Waals surface area contributed by atoms with Crippen LogP contribution in [0.2, 0.25) is 0 Å². The smallest absolute Gasteiger partial charge is 0.241 e. The lowest BCUT2D eigenvalue weighted by Crippen LogP contribution is -2.35. The molecule has 1 unspecified atom stereocenters. The average molecular weight is 280 g/mol. The lowest BCUT2D eigenvalue weighted by Gasteiger charge is -2.13. The van der Waals surface area contributed by atoms with E-state index in [0.29, 0.717) is 26.4 Å². The highest BCUT2D eigenvalue weighted by Crippen LogP contribution is 2.11. The zero-order valence-electron chi connectivity index (χ0n) is 12.2. The van der Waals surface area contributed by atoms with Crippen molar-refractivity contribution in [1.82, 2.24) is 5.32 Å². The van der Waals surface area contributed by atoms with Crippen molar-refractivity contribution in [2.75, 3.05) is 33.5 Å². The van der Waals surface area contributed by atoms with Crippen molar-refractivity contribution in [1.29, 1.82) is 0 Å². The highest BCUT2D eigenvalue weighted by Gasteiger charge is 2.14. The summed E-state index contributed by atoms with van der Waals surface area (Å²) in [6, 6.07) is 7.05. The third-order valence-corrected chi connectivity index (χ3v) is 2.92. The summed E-state index contributed by atoms with van der Waals surface area (Å²) >= 11 is 0. The van der Waals surface area contributed by atoms with Gasteiger partial charge >= 0.3 is 0 Å². The van der Waals surface area contributed by atoms with Crippen molar-refractivity contribution in [3.63, 3.8) is 0 Å². The molecule has 0 heterocycles. The van der Waals surface area contributed by atoms with Crippen LogP contribution in [-0.2, 0) is 14.3 Å². The fourth-order valence-electron chi connectivity index (χ4n) is 1.67. The van der Waals surface area contributed by atoms with Gasteiger partial charge in [-0.3, -0.25) is 4.79 Å². The standard InChI is InChI=1S/C15H24N2O3/c1-12-4-6-13(7-5-12)14(16)15(18)17-8-3-9-20-11-10-19-2/h4-7,14H,3,8-11,16H2,1-2H3,(H,17,18). The second-order valence-corrected chi connectivity index (χ2v) is 4.64. The second-order valence-electron chi connectivity index (χ2n) is 4.64. The predicted octanol–water partition coefficient (Wildman–Crippen LogP) is 1.16. The maximum absolute atomic E-state index is 11.9. The van der Waals surface area contributed by atoms with Gasteiger partial charge in [0.25, 0.3) is 0 Å². The molecule has 112 valence electrons. The third-order valence-electron chi connectivity index (χ3n) is 2.92. The summed E-state index contributed by atoms with van der Waals surface area (Å²) in [5.41, 5.74) is 7.88. The molecule has 1 atom stereocenters. The van der Waals surface area contributed by atoms with Gasteiger partial charge in [0.05, 0.1) is 13.2 Å². The second kappa shape index (κ2) is 9.47. The number of carbonyl (C=O) groups is 1. The highest BCUT2D eigenvalue weighted by atomic mass is 16.5. The molecule has 0 aromatic heterocycles. The first kappa shape index (κ1) is 16.6. The van der Waals surface area contributed by atoms with Crippen LogP contribution in [0.3, 0.4) is 0 Å². The summed E-state index contributed by atoms with van der Waals surface area (Å²) in [6.07, 6.45) is 0.760. The molecule has 1 aromatic rings. The van der Waals surface area contributed by atoms with E-state index >= 15 is 0 Å². The Kier molecular flexibility index (Phi) is 7.87. The molecule has 0 radical (unpaired) electrons. The van der Waals surface area contributed by atoms with Gasteiger partial charge in [-0.2, -0.15) is 0 Å². The van der Waals surface area contributed by atoms with E-state index < -0.39 is 6.04 Å². The van der Waals surface area contributed by atoms with Gasteiger partial charge in [-0.25, -0.2) is 0 Å². The van der Waals surface area contributed by atoms with Gasteiger partial charge in [0.15, 0.2) is 0 Å². The molecule has 0 fully saturated rings. The number of methoxy groups -OCH3 is 1. The Bertz CT molecular complexity index is 393. The Hall–Kier alpha value is -1.43. The first-order valence-electron chi connectivity index (χ1n) is 6.81. The molecule has 1 amide bonds. The van der Waals surface area contributed by atoms with Crippen molar-refractivity contribution < 1.29 is 14.3 Å². The summed E-state index contributed by atoms with van der Waals surface area (Å²) in [4.78, 5) is 11.9. The van der Waals surface area contributed by atoms with Crippen LogP contribution in [0, 0.1) is 6.92 Å². The Morgan fingerprint density at radius 1 is 1.25 bits per heavy atom. The minimum absolute atomic E-state index is 0.161. The number of nitrogens with two attached hydrogens (primary N) is 1. The maximum Gasteiger partial charge on any atom is 0.241 e. The Labute approximate surface area is 120 Å². The first-order valence-corrected chi connectivity index (χ1v) is 6.81. The molecule has 20 heavy (non-hydrogen) atoms. The van der Waals surface area contributed by atoms with E-state index in [1.807, 2.05) is 31.2 Å². The zero-order valence-corrected chi connectivity index (χ0v) is 12.2. The highest BCUT2D eigenvalue weighted by molar-refractivity contribution is 5.82. The molecule has 0 aliphatic heterocycles. The van der Waals surface area contributed by atoms with E-state index in [1.165, 1.54) is 0 Å². The number of hydrogen-bond donors (Lipinski definition) is 2. The van der Waals surface area contributed by atoms with Crippen LogP contribution >= 0.6 is 0 Å². The third kappa shape index (κ3) is 6.14. The van der Waals surface area contributed by atoms with Crippen molar-refractivity contribution in [3.8, 4) is 0 Å². The molecule has 0 saturated carbocycles. The lowest BCUT2D eigenvalue weighted by molar-refractivity contribution is -0.122. The monoisotopic (exact) mass is 280 g/mol. The van der Waals surface area contributed by atoms with E-state index in [0.717, 1.165) is 17.5 Å². The van der Waals surface area contributed by atoms with Gasteiger partial charge in [0, 0.05) is 20.3 Å². The summed E-state index contributed by atoms with van der Waals surface area (Å²) in [7, 11) is 1.63. The molecule has 0 spiro atoms. The topological polar surface area (TPSA) is 73.6 Å². The van der Waals surface area contributed by atoms with Crippen LogP contribution < -0.4 is 11.1 Å². The van der Waals surface area contributed by atoms with E-state index in [-0.39, 0.29) is 5.91 Å². The van der Waals surface area contributed by atoms with Crippen molar-refractivity contribution >= 4 is 5.91 Å². The number of aryl methyl sites for hydroxylation is 1. The fourth-order valence-corrected chi connectivity index (χ4v) is 1.67. The number of ether oxygens (including phenoxy) is 2. The SMILES string of the molecule is COCCOCCCNC(=O)C(N)c1ccc(C)cc1. The molecule has 0 aliphatic rings.